The molecule has 3 rings (SSSR count). The summed E-state index contributed by atoms with van der Waals surface area (Å²) in [7, 11) is 0. The Bertz CT molecular complexity index is 536. The summed E-state index contributed by atoms with van der Waals surface area (Å²) in [6.45, 7) is 7.15. The van der Waals surface area contributed by atoms with Crippen molar-refractivity contribution in [1.29, 1.82) is 0 Å². The highest BCUT2D eigenvalue weighted by Gasteiger charge is 2.26. The zero-order chi connectivity index (χ0) is 16.9. The lowest BCUT2D eigenvalue weighted by molar-refractivity contribution is -0.126. The summed E-state index contributed by atoms with van der Waals surface area (Å²) < 4.78 is 13.0. The molecule has 0 aromatic heterocycles. The van der Waals surface area contributed by atoms with E-state index in [0.29, 0.717) is 6.04 Å². The first kappa shape index (κ1) is 17.2. The molecule has 0 aliphatic carbocycles. The van der Waals surface area contributed by atoms with Crippen LogP contribution in [0.25, 0.3) is 0 Å². The number of carbonyl (C=O) groups excluding carboxylic acids is 1. The van der Waals surface area contributed by atoms with Gasteiger partial charge in [-0.1, -0.05) is 0 Å². The number of nitrogens with one attached hydrogen (secondary N) is 2. The van der Waals surface area contributed by atoms with Crippen molar-refractivity contribution < 1.29 is 9.18 Å². The smallest absolute Gasteiger partial charge is 0.237 e. The summed E-state index contributed by atoms with van der Waals surface area (Å²) in [5.74, 6) is -0.0987. The molecule has 2 fully saturated rings. The molecule has 2 aliphatic heterocycles. The first-order valence-corrected chi connectivity index (χ1v) is 8.89. The number of rotatable bonds is 5. The molecule has 2 N–H and O–H groups in total. The quantitative estimate of drug-likeness (QED) is 0.850. The molecule has 2 saturated heterocycles. The van der Waals surface area contributed by atoms with E-state index in [2.05, 4.69) is 20.4 Å². The number of hydrogen-bond donors (Lipinski definition) is 2. The summed E-state index contributed by atoms with van der Waals surface area (Å²) >= 11 is 0. The van der Waals surface area contributed by atoms with Gasteiger partial charge in [0.25, 0.3) is 0 Å². The third-order valence-corrected chi connectivity index (χ3v) is 5.12. The molecule has 1 aromatic rings. The lowest BCUT2D eigenvalue weighted by atomic mass is 10.2. The molecule has 2 heterocycles. The molecular weight excluding hydrogens is 307 g/mol. The summed E-state index contributed by atoms with van der Waals surface area (Å²) in [6.07, 6.45) is 2.34. The van der Waals surface area contributed by atoms with E-state index in [4.69, 9.17) is 0 Å². The highest BCUT2D eigenvalue weighted by atomic mass is 19.1. The molecule has 2 aliphatic rings. The Labute approximate surface area is 143 Å². The Morgan fingerprint density at radius 3 is 2.62 bits per heavy atom. The van der Waals surface area contributed by atoms with E-state index in [-0.39, 0.29) is 17.8 Å². The van der Waals surface area contributed by atoms with Crippen LogP contribution < -0.4 is 15.5 Å². The molecule has 2 atom stereocenters. The SMILES string of the molecule is CC(C(=O)NCC1CCCN1)N1CCN(c2ccc(F)cc2)CC1. The van der Waals surface area contributed by atoms with Crippen molar-refractivity contribution in [3.8, 4) is 0 Å². The number of nitrogens with zero attached hydrogens (tertiary/aromatic N) is 2. The predicted molar refractivity (Wildman–Crippen MR) is 93.7 cm³/mol. The minimum absolute atomic E-state index is 0.109. The maximum absolute atomic E-state index is 13.0. The average molecular weight is 334 g/mol. The van der Waals surface area contributed by atoms with Crippen LogP contribution in [0.3, 0.4) is 0 Å². The third kappa shape index (κ3) is 4.24. The Kier molecular flexibility index (Phi) is 5.68. The number of halogens is 1. The molecule has 0 bridgehead atoms. The molecule has 2 unspecified atom stereocenters. The largest absolute Gasteiger partial charge is 0.369 e. The van der Waals surface area contributed by atoms with Gasteiger partial charge in [0.15, 0.2) is 0 Å². The second-order valence-corrected chi connectivity index (χ2v) is 6.71. The van der Waals surface area contributed by atoms with Crippen molar-refractivity contribution in [1.82, 2.24) is 15.5 Å². The van der Waals surface area contributed by atoms with Gasteiger partial charge < -0.3 is 15.5 Å². The monoisotopic (exact) mass is 334 g/mol. The van der Waals surface area contributed by atoms with Crippen molar-refractivity contribution in [2.75, 3.05) is 44.2 Å². The van der Waals surface area contributed by atoms with Crippen LogP contribution in [0.5, 0.6) is 0 Å². The van der Waals surface area contributed by atoms with E-state index in [1.165, 1.54) is 18.6 Å². The van der Waals surface area contributed by atoms with Crippen LogP contribution in [0.4, 0.5) is 10.1 Å². The fourth-order valence-electron chi connectivity index (χ4n) is 3.49. The predicted octanol–water partition coefficient (Wildman–Crippen LogP) is 1.20. The molecule has 0 spiro atoms. The Morgan fingerprint density at radius 1 is 1.29 bits per heavy atom. The van der Waals surface area contributed by atoms with Gasteiger partial charge in [-0.05, 0) is 50.6 Å². The van der Waals surface area contributed by atoms with E-state index >= 15 is 0 Å². The Hall–Kier alpha value is -1.66. The molecule has 1 aromatic carbocycles. The first-order chi connectivity index (χ1) is 11.6. The van der Waals surface area contributed by atoms with E-state index in [9.17, 15) is 9.18 Å². The van der Waals surface area contributed by atoms with Crippen LogP contribution in [0.2, 0.25) is 0 Å². The van der Waals surface area contributed by atoms with Crippen LogP contribution in [0, 0.1) is 5.82 Å². The molecule has 0 radical (unpaired) electrons. The molecule has 6 heteroatoms. The van der Waals surface area contributed by atoms with Gasteiger partial charge in [-0.2, -0.15) is 0 Å². The van der Waals surface area contributed by atoms with Crippen molar-refractivity contribution in [2.45, 2.75) is 31.8 Å². The van der Waals surface area contributed by atoms with Gasteiger partial charge in [0, 0.05) is 44.5 Å². The van der Waals surface area contributed by atoms with Crippen molar-refractivity contribution in [3.63, 3.8) is 0 Å². The highest BCUT2D eigenvalue weighted by molar-refractivity contribution is 5.81. The van der Waals surface area contributed by atoms with Crippen LogP contribution >= 0.6 is 0 Å². The second-order valence-electron chi connectivity index (χ2n) is 6.71. The molecule has 132 valence electrons. The normalized spacial score (nSPS) is 23.2. The molecule has 24 heavy (non-hydrogen) atoms. The van der Waals surface area contributed by atoms with Crippen LogP contribution in [-0.4, -0.2) is 62.2 Å². The summed E-state index contributed by atoms with van der Waals surface area (Å²) in [5, 5.41) is 6.47. The number of piperazine rings is 1. The van der Waals surface area contributed by atoms with E-state index < -0.39 is 0 Å². The Morgan fingerprint density at radius 2 is 2.00 bits per heavy atom. The standard InChI is InChI=1S/C18H27FN4O/c1-14(18(24)21-13-16-3-2-8-20-16)22-9-11-23(12-10-22)17-6-4-15(19)5-7-17/h4-7,14,16,20H,2-3,8-13H2,1H3,(H,21,24). The number of hydrogen-bond acceptors (Lipinski definition) is 4. The number of benzene rings is 1. The number of anilines is 1. The molecule has 1 amide bonds. The van der Waals surface area contributed by atoms with Crippen molar-refractivity contribution in [2.24, 2.45) is 0 Å². The van der Waals surface area contributed by atoms with Gasteiger partial charge in [0.05, 0.1) is 6.04 Å². The zero-order valence-corrected chi connectivity index (χ0v) is 14.3. The van der Waals surface area contributed by atoms with E-state index in [1.807, 2.05) is 19.1 Å². The highest BCUT2D eigenvalue weighted by Crippen LogP contribution is 2.17. The summed E-state index contributed by atoms with van der Waals surface area (Å²) in [5.41, 5.74) is 1.04. The van der Waals surface area contributed by atoms with E-state index in [1.54, 1.807) is 0 Å². The molecule has 0 saturated carbocycles. The van der Waals surface area contributed by atoms with Gasteiger partial charge in [-0.25, -0.2) is 4.39 Å². The van der Waals surface area contributed by atoms with E-state index in [0.717, 1.165) is 51.4 Å². The average Bonchev–Trinajstić information content (AvgIpc) is 3.13. The summed E-state index contributed by atoms with van der Waals surface area (Å²) in [6, 6.07) is 6.94. The molecule has 5 nitrogen and oxygen atoms in total. The van der Waals surface area contributed by atoms with Gasteiger partial charge in [-0.3, -0.25) is 9.69 Å². The minimum atomic E-state index is -0.209. The maximum Gasteiger partial charge on any atom is 0.237 e. The van der Waals surface area contributed by atoms with Gasteiger partial charge in [-0.15, -0.1) is 0 Å². The van der Waals surface area contributed by atoms with Gasteiger partial charge >= 0.3 is 0 Å². The topological polar surface area (TPSA) is 47.6 Å². The van der Waals surface area contributed by atoms with Crippen LogP contribution in [-0.2, 0) is 4.79 Å². The number of carbonyl (C=O) groups is 1. The fourth-order valence-corrected chi connectivity index (χ4v) is 3.49. The first-order valence-electron chi connectivity index (χ1n) is 8.89. The third-order valence-electron chi connectivity index (χ3n) is 5.12. The van der Waals surface area contributed by atoms with Crippen molar-refractivity contribution >= 4 is 11.6 Å². The maximum atomic E-state index is 13.0. The lowest BCUT2D eigenvalue weighted by Gasteiger charge is -2.38. The minimum Gasteiger partial charge on any atom is -0.369 e. The Balaban J connectivity index is 1.44. The van der Waals surface area contributed by atoms with Gasteiger partial charge in [0.1, 0.15) is 5.82 Å². The molecular formula is C18H27FN4O. The number of amides is 1. The van der Waals surface area contributed by atoms with Crippen molar-refractivity contribution in [3.05, 3.63) is 30.1 Å². The lowest BCUT2D eigenvalue weighted by Crippen LogP contribution is -2.54. The second kappa shape index (κ2) is 7.94. The summed E-state index contributed by atoms with van der Waals surface area (Å²) in [4.78, 5) is 16.8. The van der Waals surface area contributed by atoms with Crippen LogP contribution in [0.1, 0.15) is 19.8 Å². The fraction of sp³-hybridized carbons (Fsp3) is 0.611. The zero-order valence-electron chi connectivity index (χ0n) is 14.3. The van der Waals surface area contributed by atoms with Gasteiger partial charge in [0.2, 0.25) is 5.91 Å². The van der Waals surface area contributed by atoms with Crippen LogP contribution in [0.15, 0.2) is 24.3 Å².